The second kappa shape index (κ2) is 10.2. The monoisotopic (exact) mass is 454 g/mol. The Bertz CT molecular complexity index is 798. The van der Waals surface area contributed by atoms with Gasteiger partial charge in [-0.15, -0.1) is 0 Å². The van der Waals surface area contributed by atoms with Gasteiger partial charge >= 0.3 is 6.18 Å². The first-order valence-corrected chi connectivity index (χ1v) is 11.2. The van der Waals surface area contributed by atoms with Crippen LogP contribution < -0.4 is 5.32 Å². The van der Waals surface area contributed by atoms with Crippen LogP contribution in [-0.4, -0.2) is 84.5 Å². The molecule has 178 valence electrons. The first-order valence-electron chi connectivity index (χ1n) is 11.2. The highest BCUT2D eigenvalue weighted by Crippen LogP contribution is 2.36. The molecule has 2 fully saturated rings. The third-order valence-corrected chi connectivity index (χ3v) is 6.40. The Balaban J connectivity index is 1.47. The molecule has 0 radical (unpaired) electrons. The Morgan fingerprint density at radius 1 is 1.06 bits per heavy atom. The molecule has 1 N–H and O–H groups in total. The molecule has 0 bridgehead atoms. The van der Waals surface area contributed by atoms with Gasteiger partial charge in [-0.2, -0.15) is 13.2 Å². The number of amides is 2. The first kappa shape index (κ1) is 24.5. The Kier molecular flexibility index (Phi) is 7.82. The summed E-state index contributed by atoms with van der Waals surface area (Å²) in [7, 11) is 0. The number of hydrogen-bond donors (Lipinski definition) is 1. The minimum absolute atomic E-state index is 0.0183. The van der Waals surface area contributed by atoms with Gasteiger partial charge in [-0.25, -0.2) is 0 Å². The number of carbonyl (C=O) groups is 2. The molecule has 3 rings (SSSR count). The topological polar surface area (TPSA) is 55.9 Å². The average Bonchev–Trinajstić information content (AvgIpc) is 3.55. The van der Waals surface area contributed by atoms with E-state index >= 15 is 0 Å². The van der Waals surface area contributed by atoms with Crippen LogP contribution in [-0.2, 0) is 9.59 Å². The van der Waals surface area contributed by atoms with Crippen molar-refractivity contribution in [2.24, 2.45) is 5.92 Å². The summed E-state index contributed by atoms with van der Waals surface area (Å²) < 4.78 is 39.0. The normalized spacial score (nSPS) is 18.9. The molecular weight excluding hydrogens is 421 g/mol. The van der Waals surface area contributed by atoms with Crippen molar-refractivity contribution in [3.63, 3.8) is 0 Å². The second-order valence-electron chi connectivity index (χ2n) is 9.08. The van der Waals surface area contributed by atoms with E-state index in [4.69, 9.17) is 0 Å². The summed E-state index contributed by atoms with van der Waals surface area (Å²) in [5, 5.41) is 2.97. The largest absolute Gasteiger partial charge is 0.406 e. The fourth-order valence-electron chi connectivity index (χ4n) is 4.27. The van der Waals surface area contributed by atoms with E-state index in [0.717, 1.165) is 34.6 Å². The molecule has 2 aliphatic rings. The third kappa shape index (κ3) is 6.93. The number of piperazine rings is 1. The Morgan fingerprint density at radius 2 is 1.59 bits per heavy atom. The van der Waals surface area contributed by atoms with Crippen LogP contribution in [0.2, 0.25) is 0 Å². The number of rotatable bonds is 8. The number of alkyl halides is 3. The van der Waals surface area contributed by atoms with Gasteiger partial charge in [0.15, 0.2) is 0 Å². The van der Waals surface area contributed by atoms with Gasteiger partial charge in [0, 0.05) is 37.9 Å². The van der Waals surface area contributed by atoms with Crippen molar-refractivity contribution < 1.29 is 22.8 Å². The van der Waals surface area contributed by atoms with E-state index in [0.29, 0.717) is 26.2 Å². The molecule has 9 heteroatoms. The van der Waals surface area contributed by atoms with Crippen molar-refractivity contribution in [3.05, 3.63) is 29.3 Å². The SMILES string of the molecule is Cc1cccc(C)c1NC(=O)CN1CCN(CC(=O)N(CC(F)(F)F)[C@H](C)C2CC2)CC1. The van der Waals surface area contributed by atoms with Crippen LogP contribution in [0.1, 0.15) is 30.9 Å². The van der Waals surface area contributed by atoms with Crippen molar-refractivity contribution in [2.75, 3.05) is 51.1 Å². The lowest BCUT2D eigenvalue weighted by Crippen LogP contribution is -2.53. The zero-order chi connectivity index (χ0) is 23.5. The smallest absolute Gasteiger partial charge is 0.329 e. The average molecular weight is 455 g/mol. The quantitative estimate of drug-likeness (QED) is 0.656. The van der Waals surface area contributed by atoms with Gasteiger partial charge in [-0.3, -0.25) is 19.4 Å². The molecule has 1 atom stereocenters. The number of aryl methyl sites for hydroxylation is 2. The summed E-state index contributed by atoms with van der Waals surface area (Å²) in [4.78, 5) is 30.1. The number of anilines is 1. The van der Waals surface area contributed by atoms with Gasteiger partial charge in [-0.05, 0) is 50.7 Å². The van der Waals surface area contributed by atoms with E-state index in [-0.39, 0.29) is 31.0 Å². The Hall–Kier alpha value is -2.13. The second-order valence-corrected chi connectivity index (χ2v) is 9.08. The summed E-state index contributed by atoms with van der Waals surface area (Å²) >= 11 is 0. The van der Waals surface area contributed by atoms with Crippen LogP contribution in [0.5, 0.6) is 0 Å². The van der Waals surface area contributed by atoms with Crippen LogP contribution in [0.25, 0.3) is 0 Å². The molecule has 0 aromatic heterocycles. The maximum absolute atomic E-state index is 13.0. The Labute approximate surface area is 187 Å². The van der Waals surface area contributed by atoms with Gasteiger partial charge in [0.2, 0.25) is 11.8 Å². The van der Waals surface area contributed by atoms with Crippen molar-refractivity contribution in [1.82, 2.24) is 14.7 Å². The van der Waals surface area contributed by atoms with E-state index in [1.165, 1.54) is 0 Å². The number of para-hydroxylation sites is 1. The molecule has 1 saturated heterocycles. The first-order chi connectivity index (χ1) is 15.0. The summed E-state index contributed by atoms with van der Waals surface area (Å²) in [6, 6.07) is 5.45. The van der Waals surface area contributed by atoms with E-state index in [1.54, 1.807) is 6.92 Å². The van der Waals surface area contributed by atoms with Crippen LogP contribution in [0.15, 0.2) is 18.2 Å². The minimum atomic E-state index is -4.40. The van der Waals surface area contributed by atoms with Crippen molar-refractivity contribution in [2.45, 2.75) is 45.8 Å². The molecule has 2 amide bonds. The summed E-state index contributed by atoms with van der Waals surface area (Å²) in [5.41, 5.74) is 2.84. The maximum atomic E-state index is 13.0. The summed E-state index contributed by atoms with van der Waals surface area (Å²) in [6.07, 6.45) is -2.64. The molecule has 0 unspecified atom stereocenters. The molecular formula is C23H33F3N4O2. The van der Waals surface area contributed by atoms with E-state index < -0.39 is 18.6 Å². The van der Waals surface area contributed by atoms with E-state index in [9.17, 15) is 22.8 Å². The molecule has 32 heavy (non-hydrogen) atoms. The van der Waals surface area contributed by atoms with Crippen LogP contribution in [0.4, 0.5) is 18.9 Å². The highest BCUT2D eigenvalue weighted by atomic mass is 19.4. The molecule has 1 saturated carbocycles. The van der Waals surface area contributed by atoms with Gasteiger partial charge in [0.1, 0.15) is 6.54 Å². The maximum Gasteiger partial charge on any atom is 0.406 e. The van der Waals surface area contributed by atoms with E-state index in [2.05, 4.69) is 5.32 Å². The number of nitrogens with zero attached hydrogens (tertiary/aromatic N) is 3. The predicted molar refractivity (Wildman–Crippen MR) is 117 cm³/mol. The van der Waals surface area contributed by atoms with Crippen LogP contribution in [0, 0.1) is 19.8 Å². The van der Waals surface area contributed by atoms with Crippen molar-refractivity contribution in [3.8, 4) is 0 Å². The number of nitrogens with one attached hydrogen (secondary N) is 1. The molecule has 1 aliphatic heterocycles. The van der Waals surface area contributed by atoms with Gasteiger partial charge in [0.05, 0.1) is 13.1 Å². The van der Waals surface area contributed by atoms with Crippen LogP contribution in [0.3, 0.4) is 0 Å². The predicted octanol–water partition coefficient (Wildman–Crippen LogP) is 3.05. The fraction of sp³-hybridized carbons (Fsp3) is 0.652. The minimum Gasteiger partial charge on any atom is -0.329 e. The summed E-state index contributed by atoms with van der Waals surface area (Å²) in [6.45, 7) is 6.91. The van der Waals surface area contributed by atoms with Gasteiger partial charge in [0.25, 0.3) is 0 Å². The summed E-state index contributed by atoms with van der Waals surface area (Å²) in [5.74, 6) is -0.391. The Morgan fingerprint density at radius 3 is 2.09 bits per heavy atom. The highest BCUT2D eigenvalue weighted by molar-refractivity contribution is 5.93. The zero-order valence-electron chi connectivity index (χ0n) is 19.0. The molecule has 1 aromatic carbocycles. The van der Waals surface area contributed by atoms with Gasteiger partial charge in [-0.1, -0.05) is 18.2 Å². The highest BCUT2D eigenvalue weighted by Gasteiger charge is 2.40. The van der Waals surface area contributed by atoms with Gasteiger partial charge < -0.3 is 10.2 Å². The lowest BCUT2D eigenvalue weighted by molar-refractivity contribution is -0.166. The fourth-order valence-corrected chi connectivity index (χ4v) is 4.27. The lowest BCUT2D eigenvalue weighted by atomic mass is 10.1. The molecule has 1 aromatic rings. The molecule has 1 aliphatic carbocycles. The number of hydrogen-bond acceptors (Lipinski definition) is 4. The lowest BCUT2D eigenvalue weighted by Gasteiger charge is -2.36. The molecule has 1 heterocycles. The van der Waals surface area contributed by atoms with Crippen molar-refractivity contribution >= 4 is 17.5 Å². The van der Waals surface area contributed by atoms with E-state index in [1.807, 2.05) is 41.8 Å². The standard InChI is InChI=1S/C23H33F3N4O2/c1-16-5-4-6-17(2)22(16)27-20(31)13-28-9-11-29(12-10-28)14-21(32)30(15-23(24,25)26)18(3)19-7-8-19/h4-6,18-19H,7-15H2,1-3H3,(H,27,31)/t18-/m1/s1. The molecule has 0 spiro atoms. The molecule has 6 nitrogen and oxygen atoms in total. The van der Waals surface area contributed by atoms with Crippen LogP contribution >= 0.6 is 0 Å². The van der Waals surface area contributed by atoms with Crippen molar-refractivity contribution in [1.29, 1.82) is 0 Å². The number of halogens is 3. The third-order valence-electron chi connectivity index (χ3n) is 6.40. The zero-order valence-corrected chi connectivity index (χ0v) is 19.0. The number of benzene rings is 1. The number of carbonyl (C=O) groups excluding carboxylic acids is 2.